The zero-order chi connectivity index (χ0) is 13.4. The van der Waals surface area contributed by atoms with Gasteiger partial charge in [0.15, 0.2) is 0 Å². The Balaban J connectivity index is 2.43. The van der Waals surface area contributed by atoms with Crippen molar-refractivity contribution in [3.8, 4) is 5.75 Å². The van der Waals surface area contributed by atoms with Crippen molar-refractivity contribution in [2.75, 3.05) is 13.2 Å². The summed E-state index contributed by atoms with van der Waals surface area (Å²) in [6, 6.07) is 8.04. The molecule has 0 aromatic heterocycles. The van der Waals surface area contributed by atoms with Crippen molar-refractivity contribution >= 4 is 5.97 Å². The Morgan fingerprint density at radius 3 is 2.61 bits per heavy atom. The number of carbonyl (C=O) groups is 1. The van der Waals surface area contributed by atoms with Crippen LogP contribution in [0.1, 0.15) is 38.3 Å². The van der Waals surface area contributed by atoms with Gasteiger partial charge in [-0.25, -0.2) is 0 Å². The lowest BCUT2D eigenvalue weighted by molar-refractivity contribution is -0.136. The molecule has 1 rings (SSSR count). The van der Waals surface area contributed by atoms with Crippen LogP contribution in [0.2, 0.25) is 0 Å². The van der Waals surface area contributed by atoms with E-state index in [2.05, 4.69) is 12.2 Å². The monoisotopic (exact) mass is 251 g/mol. The molecule has 0 heterocycles. The van der Waals surface area contributed by atoms with E-state index in [0.717, 1.165) is 24.3 Å². The highest BCUT2D eigenvalue weighted by Gasteiger charge is 2.05. The van der Waals surface area contributed by atoms with Gasteiger partial charge in [-0.15, -0.1) is 0 Å². The molecule has 18 heavy (non-hydrogen) atoms. The van der Waals surface area contributed by atoms with Crippen LogP contribution < -0.4 is 10.1 Å². The summed E-state index contributed by atoms with van der Waals surface area (Å²) >= 11 is 0. The maximum absolute atomic E-state index is 10.4. The number of nitrogens with one attached hydrogen (secondary N) is 1. The Bertz CT molecular complexity index is 362. The molecule has 4 nitrogen and oxygen atoms in total. The molecular formula is C14H21NO3. The zero-order valence-corrected chi connectivity index (χ0v) is 11.0. The van der Waals surface area contributed by atoms with Crippen molar-refractivity contribution in [2.24, 2.45) is 0 Å². The SMILES string of the molecule is CCCOc1ccc(C(C)NCCC(=O)O)cc1. The predicted molar refractivity (Wildman–Crippen MR) is 70.9 cm³/mol. The summed E-state index contributed by atoms with van der Waals surface area (Å²) in [7, 11) is 0. The first kappa shape index (κ1) is 14.5. The van der Waals surface area contributed by atoms with Crippen molar-refractivity contribution in [2.45, 2.75) is 32.7 Å². The smallest absolute Gasteiger partial charge is 0.304 e. The number of aliphatic carboxylic acids is 1. The fourth-order valence-electron chi connectivity index (χ4n) is 1.59. The third-order valence-corrected chi connectivity index (χ3v) is 2.64. The molecule has 0 aliphatic carbocycles. The highest BCUT2D eigenvalue weighted by Crippen LogP contribution is 2.17. The summed E-state index contributed by atoms with van der Waals surface area (Å²) in [4.78, 5) is 10.4. The minimum atomic E-state index is -0.780. The second-order valence-corrected chi connectivity index (χ2v) is 4.24. The summed E-state index contributed by atoms with van der Waals surface area (Å²) in [6.07, 6.45) is 1.14. The van der Waals surface area contributed by atoms with Crippen molar-refractivity contribution in [1.29, 1.82) is 0 Å². The highest BCUT2D eigenvalue weighted by molar-refractivity contribution is 5.66. The van der Waals surface area contributed by atoms with E-state index in [1.165, 1.54) is 0 Å². The largest absolute Gasteiger partial charge is 0.494 e. The van der Waals surface area contributed by atoms with Crippen molar-refractivity contribution in [1.82, 2.24) is 5.32 Å². The van der Waals surface area contributed by atoms with Crippen LogP contribution in [0.3, 0.4) is 0 Å². The lowest BCUT2D eigenvalue weighted by Crippen LogP contribution is -2.21. The molecule has 0 saturated carbocycles. The Labute approximate surface area is 108 Å². The molecular weight excluding hydrogens is 230 g/mol. The molecule has 0 aliphatic heterocycles. The molecule has 0 fully saturated rings. The summed E-state index contributed by atoms with van der Waals surface area (Å²) < 4.78 is 5.50. The molecule has 1 aromatic rings. The van der Waals surface area contributed by atoms with Crippen LogP contribution in [0, 0.1) is 0 Å². The van der Waals surface area contributed by atoms with Crippen LogP contribution in [-0.4, -0.2) is 24.2 Å². The highest BCUT2D eigenvalue weighted by atomic mass is 16.5. The molecule has 2 N–H and O–H groups in total. The van der Waals surface area contributed by atoms with Crippen LogP contribution in [0.4, 0.5) is 0 Å². The molecule has 1 unspecified atom stereocenters. The lowest BCUT2D eigenvalue weighted by atomic mass is 10.1. The van der Waals surface area contributed by atoms with E-state index in [-0.39, 0.29) is 12.5 Å². The van der Waals surface area contributed by atoms with Gasteiger partial charge in [0, 0.05) is 12.6 Å². The fourth-order valence-corrected chi connectivity index (χ4v) is 1.59. The van der Waals surface area contributed by atoms with E-state index >= 15 is 0 Å². The zero-order valence-electron chi connectivity index (χ0n) is 11.0. The fraction of sp³-hybridized carbons (Fsp3) is 0.500. The number of hydrogen-bond acceptors (Lipinski definition) is 3. The van der Waals surface area contributed by atoms with E-state index < -0.39 is 5.97 Å². The maximum Gasteiger partial charge on any atom is 0.304 e. The minimum Gasteiger partial charge on any atom is -0.494 e. The van der Waals surface area contributed by atoms with Crippen molar-refractivity contribution in [3.05, 3.63) is 29.8 Å². The molecule has 0 amide bonds. The Kier molecular flexibility index (Phi) is 6.22. The topological polar surface area (TPSA) is 58.6 Å². The molecule has 1 atom stereocenters. The van der Waals surface area contributed by atoms with Gasteiger partial charge in [0.05, 0.1) is 13.0 Å². The Morgan fingerprint density at radius 2 is 2.06 bits per heavy atom. The molecule has 0 bridgehead atoms. The third kappa shape index (κ3) is 5.19. The van der Waals surface area contributed by atoms with Gasteiger partial charge < -0.3 is 15.2 Å². The third-order valence-electron chi connectivity index (χ3n) is 2.64. The van der Waals surface area contributed by atoms with E-state index in [1.54, 1.807) is 0 Å². The van der Waals surface area contributed by atoms with Crippen LogP contribution >= 0.6 is 0 Å². The summed E-state index contributed by atoms with van der Waals surface area (Å²) in [5.74, 6) is 0.0938. The van der Waals surface area contributed by atoms with Crippen molar-refractivity contribution < 1.29 is 14.6 Å². The quantitative estimate of drug-likeness (QED) is 0.745. The number of ether oxygens (including phenoxy) is 1. The Morgan fingerprint density at radius 1 is 1.39 bits per heavy atom. The standard InChI is InChI=1S/C14H21NO3/c1-3-10-18-13-6-4-12(5-7-13)11(2)15-9-8-14(16)17/h4-7,11,15H,3,8-10H2,1-2H3,(H,16,17). The van der Waals surface area contributed by atoms with Gasteiger partial charge in [-0.1, -0.05) is 19.1 Å². The number of hydrogen-bond donors (Lipinski definition) is 2. The number of rotatable bonds is 8. The minimum absolute atomic E-state index is 0.141. The molecule has 0 saturated heterocycles. The molecule has 4 heteroatoms. The van der Waals surface area contributed by atoms with Crippen molar-refractivity contribution in [3.63, 3.8) is 0 Å². The van der Waals surface area contributed by atoms with Gasteiger partial charge in [0.1, 0.15) is 5.75 Å². The van der Waals surface area contributed by atoms with Crippen LogP contribution in [0.25, 0.3) is 0 Å². The van der Waals surface area contributed by atoms with Gasteiger partial charge in [-0.05, 0) is 31.0 Å². The average molecular weight is 251 g/mol. The van der Waals surface area contributed by atoms with Crippen LogP contribution in [-0.2, 0) is 4.79 Å². The molecule has 0 spiro atoms. The maximum atomic E-state index is 10.4. The van der Waals surface area contributed by atoms with Crippen LogP contribution in [0.5, 0.6) is 5.75 Å². The first-order chi connectivity index (χ1) is 8.63. The van der Waals surface area contributed by atoms with Gasteiger partial charge in [0.25, 0.3) is 0 Å². The van der Waals surface area contributed by atoms with E-state index in [9.17, 15) is 4.79 Å². The first-order valence-corrected chi connectivity index (χ1v) is 6.31. The number of benzene rings is 1. The predicted octanol–water partition coefficient (Wildman–Crippen LogP) is 2.60. The molecule has 0 aliphatic rings. The normalized spacial score (nSPS) is 12.1. The summed E-state index contributed by atoms with van der Waals surface area (Å²) in [5, 5.41) is 11.7. The molecule has 100 valence electrons. The first-order valence-electron chi connectivity index (χ1n) is 6.31. The second kappa shape index (κ2) is 7.71. The molecule has 0 radical (unpaired) electrons. The number of carboxylic acid groups (broad SMARTS) is 1. The van der Waals surface area contributed by atoms with Gasteiger partial charge in [-0.3, -0.25) is 4.79 Å². The second-order valence-electron chi connectivity index (χ2n) is 4.24. The van der Waals surface area contributed by atoms with Gasteiger partial charge in [0.2, 0.25) is 0 Å². The average Bonchev–Trinajstić information content (AvgIpc) is 2.36. The van der Waals surface area contributed by atoms with Gasteiger partial charge in [-0.2, -0.15) is 0 Å². The molecule has 1 aromatic carbocycles. The summed E-state index contributed by atoms with van der Waals surface area (Å²) in [6.45, 7) is 5.29. The van der Waals surface area contributed by atoms with E-state index in [0.29, 0.717) is 6.54 Å². The van der Waals surface area contributed by atoms with E-state index in [1.807, 2.05) is 31.2 Å². The Hall–Kier alpha value is -1.55. The van der Waals surface area contributed by atoms with E-state index in [4.69, 9.17) is 9.84 Å². The number of carboxylic acids is 1. The summed E-state index contributed by atoms with van der Waals surface area (Å²) in [5.41, 5.74) is 1.13. The van der Waals surface area contributed by atoms with Gasteiger partial charge >= 0.3 is 5.97 Å². The lowest BCUT2D eigenvalue weighted by Gasteiger charge is -2.14. The van der Waals surface area contributed by atoms with Crippen LogP contribution in [0.15, 0.2) is 24.3 Å².